The second-order valence-electron chi connectivity index (χ2n) is 15.9. The molecule has 6 heterocycles. The fraction of sp³-hybridized carbons (Fsp3) is 0.500. The van der Waals surface area contributed by atoms with Gasteiger partial charge in [0.05, 0.1) is 0 Å². The molecule has 3 aliphatic carbocycles. The minimum Gasteiger partial charge on any atom is -0.355 e. The number of hydrogen-bond acceptors (Lipinski definition) is 2. The Kier molecular flexibility index (Phi) is 8.15. The van der Waals surface area contributed by atoms with Crippen molar-refractivity contribution in [1.29, 1.82) is 0 Å². The molecule has 4 aromatic rings. The normalized spacial score (nSPS) is 24.0. The zero-order valence-corrected chi connectivity index (χ0v) is 31.7. The first kappa shape index (κ1) is 33.4. The molecule has 4 unspecified atom stereocenters. The molecule has 1 saturated heterocycles. The predicted molar refractivity (Wildman–Crippen MR) is 204 cm³/mol. The Balaban J connectivity index is 1.48. The smallest absolute Gasteiger partial charge is 0.164 e. The van der Waals surface area contributed by atoms with E-state index < -0.39 is 11.4 Å². The first-order valence-electron chi connectivity index (χ1n) is 19.4. The minimum atomic E-state index is -0.633. The molecule has 4 aromatic heterocycles. The summed E-state index contributed by atoms with van der Waals surface area (Å²) in [6, 6.07) is 0. The monoisotopic (exact) mass is 672 g/mol. The fourth-order valence-electron chi connectivity index (χ4n) is 9.85. The van der Waals surface area contributed by atoms with Crippen LogP contribution in [-0.2, 0) is 35.2 Å². The highest BCUT2D eigenvalue weighted by Crippen LogP contribution is 2.57. The summed E-state index contributed by atoms with van der Waals surface area (Å²) >= 11 is 0. The number of ether oxygens (including phenoxy) is 2. The van der Waals surface area contributed by atoms with Gasteiger partial charge >= 0.3 is 0 Å². The van der Waals surface area contributed by atoms with Crippen LogP contribution in [-0.4, -0.2) is 37.4 Å². The van der Waals surface area contributed by atoms with E-state index in [-0.39, 0.29) is 17.9 Å². The van der Waals surface area contributed by atoms with Crippen LogP contribution in [0.5, 0.6) is 0 Å². The van der Waals surface area contributed by atoms with Crippen LogP contribution < -0.4 is 21.4 Å². The van der Waals surface area contributed by atoms with Gasteiger partial charge in [-0.15, -0.1) is 0 Å². The molecule has 0 saturated carbocycles. The van der Waals surface area contributed by atoms with Crippen molar-refractivity contribution < 1.29 is 9.47 Å². The van der Waals surface area contributed by atoms with E-state index >= 15 is 0 Å². The highest BCUT2D eigenvalue weighted by atomic mass is 16.8. The third kappa shape index (κ3) is 5.04. The summed E-state index contributed by atoms with van der Waals surface area (Å²) in [7, 11) is 0. The number of H-pyrrole nitrogens is 4. The van der Waals surface area contributed by atoms with Crippen LogP contribution in [0.2, 0.25) is 0 Å². The van der Waals surface area contributed by atoms with Gasteiger partial charge in [-0.1, -0.05) is 52.7 Å². The van der Waals surface area contributed by atoms with E-state index in [0.29, 0.717) is 0 Å². The molecule has 0 spiro atoms. The van der Waals surface area contributed by atoms with Crippen molar-refractivity contribution >= 4 is 24.3 Å². The summed E-state index contributed by atoms with van der Waals surface area (Å²) in [5.74, 6) is -0.460. The SMILES string of the molecule is CCCCc1c2[nH]c(c1C)C=c1[nH]c(c3c1C1C=CC3C3(C)OC(C)(C)OC13)=Cc1[nH]c(c(CCCC)c1C)C=c1[nH]c(c(CC)c1CC)=C2. The minimum absolute atomic E-state index is 0.0465. The second kappa shape index (κ2) is 12.2. The molecule has 0 radical (unpaired) electrons. The summed E-state index contributed by atoms with van der Waals surface area (Å²) in [6.45, 7) is 20.1. The quantitative estimate of drug-likeness (QED) is 0.138. The third-order valence-electron chi connectivity index (χ3n) is 12.3. The first-order valence-corrected chi connectivity index (χ1v) is 19.4. The van der Waals surface area contributed by atoms with E-state index in [1.165, 1.54) is 90.8 Å². The molecule has 0 aromatic carbocycles. The van der Waals surface area contributed by atoms with Crippen molar-refractivity contribution in [2.45, 2.75) is 143 Å². The zero-order valence-electron chi connectivity index (χ0n) is 31.7. The summed E-state index contributed by atoms with van der Waals surface area (Å²) < 4.78 is 13.5. The summed E-state index contributed by atoms with van der Waals surface area (Å²) in [5, 5.41) is 4.77. The predicted octanol–water partition coefficient (Wildman–Crippen LogP) is 6.72. The van der Waals surface area contributed by atoms with Crippen LogP contribution in [0.4, 0.5) is 0 Å². The lowest BCUT2D eigenvalue weighted by Gasteiger charge is -2.46. The van der Waals surface area contributed by atoms with Gasteiger partial charge < -0.3 is 29.4 Å². The molecule has 2 aliphatic heterocycles. The van der Waals surface area contributed by atoms with Gasteiger partial charge in [-0.2, -0.15) is 0 Å². The van der Waals surface area contributed by atoms with Gasteiger partial charge in [0.25, 0.3) is 0 Å². The van der Waals surface area contributed by atoms with Crippen molar-refractivity contribution in [3.8, 4) is 0 Å². The molecule has 50 heavy (non-hydrogen) atoms. The number of unbranched alkanes of at least 4 members (excludes halogenated alkanes) is 2. The van der Waals surface area contributed by atoms with Gasteiger partial charge in [-0.25, -0.2) is 0 Å². The molecule has 6 nitrogen and oxygen atoms in total. The van der Waals surface area contributed by atoms with Gasteiger partial charge in [0.2, 0.25) is 0 Å². The van der Waals surface area contributed by atoms with Gasteiger partial charge in [0.1, 0.15) is 11.7 Å². The van der Waals surface area contributed by atoms with Gasteiger partial charge in [-0.3, -0.25) is 0 Å². The molecule has 6 heteroatoms. The van der Waals surface area contributed by atoms with Crippen LogP contribution in [0.3, 0.4) is 0 Å². The van der Waals surface area contributed by atoms with Crippen molar-refractivity contribution in [2.24, 2.45) is 0 Å². The zero-order chi connectivity index (χ0) is 35.1. The Morgan fingerprint density at radius 3 is 1.62 bits per heavy atom. The largest absolute Gasteiger partial charge is 0.355 e. The van der Waals surface area contributed by atoms with E-state index in [1.807, 2.05) is 0 Å². The third-order valence-corrected chi connectivity index (χ3v) is 12.3. The molecule has 264 valence electrons. The second-order valence-corrected chi connectivity index (χ2v) is 15.9. The first-order chi connectivity index (χ1) is 24.0. The van der Waals surface area contributed by atoms with Crippen molar-refractivity contribution in [1.82, 2.24) is 19.9 Å². The standard InChI is InChI=1S/C44H56N4O2/c1-10-14-16-28-24(5)32-20-38-40-30-18-19-31(44(9)42(30)49-43(7,8)50-44)41(40)39(48-38)21-33-25(6)29(17-15-11-2)37(46-33)23-35-27(13-4)26(12-3)34(47-35)22-36(28)45-32/h18-23,30-31,42,45-48H,10-17H2,1-9H3. The molecule has 4 atom stereocenters. The van der Waals surface area contributed by atoms with Crippen molar-refractivity contribution in [3.63, 3.8) is 0 Å². The van der Waals surface area contributed by atoms with Crippen LogP contribution >= 0.6 is 0 Å². The van der Waals surface area contributed by atoms with Crippen LogP contribution in [0, 0.1) is 13.8 Å². The van der Waals surface area contributed by atoms with E-state index in [1.54, 1.807) is 0 Å². The number of aromatic amines is 4. The van der Waals surface area contributed by atoms with Gasteiger partial charge in [0.15, 0.2) is 5.79 Å². The van der Waals surface area contributed by atoms with E-state index in [9.17, 15) is 0 Å². The Bertz CT molecular complexity index is 2270. The Hall–Kier alpha value is -3.74. The number of nitrogens with one attached hydrogen (secondary N) is 4. The lowest BCUT2D eigenvalue weighted by atomic mass is 9.62. The maximum atomic E-state index is 6.80. The maximum absolute atomic E-state index is 6.80. The molecular weight excluding hydrogens is 617 g/mol. The summed E-state index contributed by atoms with van der Waals surface area (Å²) in [5.41, 5.74) is 15.4. The number of aromatic nitrogens is 4. The van der Waals surface area contributed by atoms with E-state index in [4.69, 9.17) is 9.47 Å². The highest BCUT2D eigenvalue weighted by molar-refractivity contribution is 5.67. The maximum Gasteiger partial charge on any atom is 0.164 e. The number of rotatable bonds is 8. The van der Waals surface area contributed by atoms with E-state index in [2.05, 4.69) is 119 Å². The van der Waals surface area contributed by atoms with Gasteiger partial charge in [0, 0.05) is 56.0 Å². The molecule has 4 N–H and O–H groups in total. The van der Waals surface area contributed by atoms with Crippen LogP contribution in [0.1, 0.15) is 153 Å². The number of fused-ring (bicyclic) bond motifs is 8. The van der Waals surface area contributed by atoms with Crippen LogP contribution in [0.15, 0.2) is 12.2 Å². The molecule has 9 rings (SSSR count). The summed E-state index contributed by atoms with van der Waals surface area (Å²) in [6.07, 6.45) is 23.0. The Morgan fingerprint density at radius 1 is 0.600 bits per heavy atom. The molecular formula is C44H56N4O2. The fourth-order valence-corrected chi connectivity index (χ4v) is 9.85. The summed E-state index contributed by atoms with van der Waals surface area (Å²) in [4.78, 5) is 15.8. The Morgan fingerprint density at radius 2 is 1.10 bits per heavy atom. The molecule has 0 amide bonds. The lowest BCUT2D eigenvalue weighted by molar-refractivity contribution is -0.161. The van der Waals surface area contributed by atoms with Crippen LogP contribution in [0.25, 0.3) is 24.3 Å². The highest BCUT2D eigenvalue weighted by Gasteiger charge is 2.62. The average Bonchev–Trinajstić information content (AvgIpc) is 3.84. The van der Waals surface area contributed by atoms with Gasteiger partial charge in [-0.05, 0) is 142 Å². The number of hydrogen-bond donors (Lipinski definition) is 4. The lowest BCUT2D eigenvalue weighted by Crippen LogP contribution is -2.52. The molecule has 10 bridgehead atoms. The topological polar surface area (TPSA) is 81.6 Å². The molecule has 5 aliphatic rings. The van der Waals surface area contributed by atoms with Crippen molar-refractivity contribution in [3.05, 3.63) is 101 Å². The molecule has 1 fully saturated rings. The van der Waals surface area contributed by atoms with E-state index in [0.717, 1.165) is 49.2 Å². The average molecular weight is 673 g/mol. The van der Waals surface area contributed by atoms with Crippen molar-refractivity contribution in [2.75, 3.05) is 0 Å². The Labute approximate surface area is 296 Å².